The summed E-state index contributed by atoms with van der Waals surface area (Å²) in [5, 5.41) is 13.2. The van der Waals surface area contributed by atoms with Crippen LogP contribution in [0.2, 0.25) is 0 Å². The van der Waals surface area contributed by atoms with Crippen molar-refractivity contribution in [2.75, 3.05) is 13.6 Å². The molecule has 1 atom stereocenters. The van der Waals surface area contributed by atoms with Crippen LogP contribution in [0.1, 0.15) is 29.9 Å². The van der Waals surface area contributed by atoms with Crippen LogP contribution in [-0.2, 0) is 9.59 Å². The first kappa shape index (κ1) is 17.2. The molecule has 0 saturated carbocycles. The van der Waals surface area contributed by atoms with Crippen molar-refractivity contribution < 1.29 is 19.5 Å². The Kier molecular flexibility index (Phi) is 6.36. The SMILES string of the molecule is CC(C)C(NC(=O)c1cccs1)C(=O)N(C)CCC(=O)O. The van der Waals surface area contributed by atoms with Crippen molar-refractivity contribution >= 4 is 29.1 Å². The number of hydrogen-bond donors (Lipinski definition) is 2. The molecule has 2 N–H and O–H groups in total. The number of carboxylic acid groups (broad SMARTS) is 1. The van der Waals surface area contributed by atoms with Gasteiger partial charge in [0, 0.05) is 13.6 Å². The molecule has 1 aromatic rings. The maximum absolute atomic E-state index is 12.3. The van der Waals surface area contributed by atoms with Crippen LogP contribution >= 0.6 is 11.3 Å². The van der Waals surface area contributed by atoms with E-state index in [1.165, 1.54) is 23.3 Å². The second-order valence-corrected chi connectivity index (χ2v) is 6.02. The summed E-state index contributed by atoms with van der Waals surface area (Å²) in [7, 11) is 1.54. The van der Waals surface area contributed by atoms with Crippen LogP contribution in [0.25, 0.3) is 0 Å². The fourth-order valence-electron chi connectivity index (χ4n) is 1.74. The number of rotatable bonds is 7. The van der Waals surface area contributed by atoms with Gasteiger partial charge in [0.15, 0.2) is 0 Å². The number of carboxylic acids is 1. The smallest absolute Gasteiger partial charge is 0.305 e. The number of amides is 2. The van der Waals surface area contributed by atoms with Gasteiger partial charge in [0.25, 0.3) is 5.91 Å². The summed E-state index contributed by atoms with van der Waals surface area (Å²) in [6, 6.07) is 2.79. The van der Waals surface area contributed by atoms with E-state index >= 15 is 0 Å². The molecule has 6 nitrogen and oxygen atoms in total. The second-order valence-electron chi connectivity index (χ2n) is 5.08. The lowest BCUT2D eigenvalue weighted by atomic mass is 10.0. The zero-order chi connectivity index (χ0) is 16.0. The van der Waals surface area contributed by atoms with Crippen molar-refractivity contribution in [1.29, 1.82) is 0 Å². The Morgan fingerprint density at radius 1 is 1.38 bits per heavy atom. The number of nitrogens with one attached hydrogen (secondary N) is 1. The van der Waals surface area contributed by atoms with Crippen molar-refractivity contribution in [3.8, 4) is 0 Å². The lowest BCUT2D eigenvalue weighted by molar-refractivity contribution is -0.138. The normalized spacial score (nSPS) is 12.0. The zero-order valence-corrected chi connectivity index (χ0v) is 13.1. The van der Waals surface area contributed by atoms with Gasteiger partial charge in [0.1, 0.15) is 6.04 Å². The molecule has 0 saturated heterocycles. The number of likely N-dealkylation sites (N-methyl/N-ethyl adjacent to an activating group) is 1. The molecule has 0 spiro atoms. The maximum Gasteiger partial charge on any atom is 0.305 e. The van der Waals surface area contributed by atoms with E-state index in [9.17, 15) is 14.4 Å². The number of nitrogens with zero attached hydrogens (tertiary/aromatic N) is 1. The zero-order valence-electron chi connectivity index (χ0n) is 12.3. The Hall–Kier alpha value is -1.89. The molecular weight excluding hydrogens is 292 g/mol. The van der Waals surface area contributed by atoms with Crippen LogP contribution in [0.3, 0.4) is 0 Å². The Bertz CT molecular complexity index is 499. The molecule has 0 aliphatic heterocycles. The third kappa shape index (κ3) is 5.18. The van der Waals surface area contributed by atoms with Crippen LogP contribution in [0.4, 0.5) is 0 Å². The summed E-state index contributed by atoms with van der Waals surface area (Å²) in [6.45, 7) is 3.79. The molecule has 2 amide bonds. The van der Waals surface area contributed by atoms with E-state index in [0.717, 1.165) is 0 Å². The molecule has 0 aromatic carbocycles. The van der Waals surface area contributed by atoms with Gasteiger partial charge in [-0.05, 0) is 17.4 Å². The third-order valence-electron chi connectivity index (χ3n) is 3.00. The number of aliphatic carboxylic acids is 1. The molecule has 0 radical (unpaired) electrons. The van der Waals surface area contributed by atoms with Crippen LogP contribution in [0.5, 0.6) is 0 Å². The molecule has 0 bridgehead atoms. The van der Waals surface area contributed by atoms with E-state index in [1.807, 2.05) is 13.8 Å². The summed E-state index contributed by atoms with van der Waals surface area (Å²) in [6.07, 6.45) is -0.119. The van der Waals surface area contributed by atoms with E-state index in [2.05, 4.69) is 5.32 Å². The number of carbonyl (C=O) groups is 3. The van der Waals surface area contributed by atoms with Gasteiger partial charge in [-0.2, -0.15) is 0 Å². The van der Waals surface area contributed by atoms with E-state index in [1.54, 1.807) is 17.5 Å². The average Bonchev–Trinajstić information content (AvgIpc) is 2.94. The standard InChI is InChI=1S/C14H20N2O4S/c1-9(2)12(14(20)16(3)7-6-11(17)18)15-13(19)10-5-4-8-21-10/h4-5,8-9,12H,6-7H2,1-3H3,(H,15,19)(H,17,18). The Morgan fingerprint density at radius 3 is 2.52 bits per heavy atom. The van der Waals surface area contributed by atoms with Gasteiger partial charge in [-0.15, -0.1) is 11.3 Å². The van der Waals surface area contributed by atoms with Crippen molar-refractivity contribution in [2.24, 2.45) is 5.92 Å². The summed E-state index contributed by atoms with van der Waals surface area (Å²) in [5.41, 5.74) is 0. The number of thiophene rings is 1. The molecule has 0 fully saturated rings. The Labute approximate surface area is 127 Å². The molecule has 1 heterocycles. The van der Waals surface area contributed by atoms with Crippen molar-refractivity contribution in [2.45, 2.75) is 26.3 Å². The fourth-order valence-corrected chi connectivity index (χ4v) is 2.37. The van der Waals surface area contributed by atoms with Crippen molar-refractivity contribution in [3.63, 3.8) is 0 Å². The highest BCUT2D eigenvalue weighted by molar-refractivity contribution is 7.12. The topological polar surface area (TPSA) is 86.7 Å². The minimum atomic E-state index is -0.960. The predicted molar refractivity (Wildman–Crippen MR) is 80.3 cm³/mol. The maximum atomic E-state index is 12.3. The molecule has 1 rings (SSSR count). The molecule has 116 valence electrons. The van der Waals surface area contributed by atoms with Crippen LogP contribution in [0.15, 0.2) is 17.5 Å². The summed E-state index contributed by atoms with van der Waals surface area (Å²) >= 11 is 1.30. The van der Waals surface area contributed by atoms with Gasteiger partial charge in [-0.1, -0.05) is 19.9 Å². The molecular formula is C14H20N2O4S. The number of hydrogen-bond acceptors (Lipinski definition) is 4. The van der Waals surface area contributed by atoms with Crippen LogP contribution < -0.4 is 5.32 Å². The van der Waals surface area contributed by atoms with Crippen LogP contribution in [-0.4, -0.2) is 47.4 Å². The van der Waals surface area contributed by atoms with E-state index < -0.39 is 12.0 Å². The Morgan fingerprint density at radius 2 is 2.05 bits per heavy atom. The lowest BCUT2D eigenvalue weighted by Crippen LogP contribution is -2.50. The van der Waals surface area contributed by atoms with Crippen molar-refractivity contribution in [3.05, 3.63) is 22.4 Å². The molecule has 0 aliphatic carbocycles. The average molecular weight is 312 g/mol. The first-order valence-corrected chi connectivity index (χ1v) is 7.52. The molecule has 1 unspecified atom stereocenters. The van der Waals surface area contributed by atoms with Crippen molar-refractivity contribution in [1.82, 2.24) is 10.2 Å². The molecule has 21 heavy (non-hydrogen) atoms. The van der Waals surface area contributed by atoms with Gasteiger partial charge in [-0.3, -0.25) is 14.4 Å². The predicted octanol–water partition coefficient (Wildman–Crippen LogP) is 1.44. The van der Waals surface area contributed by atoms with Gasteiger partial charge in [0.05, 0.1) is 11.3 Å². The van der Waals surface area contributed by atoms with Gasteiger partial charge < -0.3 is 15.3 Å². The third-order valence-corrected chi connectivity index (χ3v) is 3.87. The lowest BCUT2D eigenvalue weighted by Gasteiger charge is -2.26. The van der Waals surface area contributed by atoms with E-state index in [0.29, 0.717) is 4.88 Å². The van der Waals surface area contributed by atoms with E-state index in [-0.39, 0.29) is 30.7 Å². The van der Waals surface area contributed by atoms with E-state index in [4.69, 9.17) is 5.11 Å². The van der Waals surface area contributed by atoms with Gasteiger partial charge in [-0.25, -0.2) is 0 Å². The monoisotopic (exact) mass is 312 g/mol. The summed E-state index contributed by atoms with van der Waals surface area (Å²) < 4.78 is 0. The molecule has 1 aromatic heterocycles. The largest absolute Gasteiger partial charge is 0.481 e. The molecule has 0 aliphatic rings. The second kappa shape index (κ2) is 7.78. The first-order valence-electron chi connectivity index (χ1n) is 6.64. The van der Waals surface area contributed by atoms with Gasteiger partial charge in [0.2, 0.25) is 5.91 Å². The van der Waals surface area contributed by atoms with Crippen LogP contribution in [0, 0.1) is 5.92 Å². The highest BCUT2D eigenvalue weighted by Crippen LogP contribution is 2.11. The Balaban J connectivity index is 2.70. The fraction of sp³-hybridized carbons (Fsp3) is 0.500. The summed E-state index contributed by atoms with van der Waals surface area (Å²) in [5.74, 6) is -1.62. The highest BCUT2D eigenvalue weighted by Gasteiger charge is 2.27. The quantitative estimate of drug-likeness (QED) is 0.797. The van der Waals surface area contributed by atoms with Gasteiger partial charge >= 0.3 is 5.97 Å². The number of carbonyl (C=O) groups excluding carboxylic acids is 2. The minimum Gasteiger partial charge on any atom is -0.481 e. The highest BCUT2D eigenvalue weighted by atomic mass is 32.1. The summed E-state index contributed by atoms with van der Waals surface area (Å²) in [4.78, 5) is 36.8. The minimum absolute atomic E-state index is 0.0892. The molecule has 7 heteroatoms. The first-order chi connectivity index (χ1) is 9.82.